The second kappa shape index (κ2) is 12.1. The Morgan fingerprint density at radius 1 is 0.518 bits per heavy atom. The first kappa shape index (κ1) is 31.9. The van der Waals surface area contributed by atoms with E-state index < -0.39 is 5.41 Å². The summed E-state index contributed by atoms with van der Waals surface area (Å²) in [5.41, 5.74) is 15.5. The molecule has 1 heterocycles. The van der Waals surface area contributed by atoms with Crippen molar-refractivity contribution in [2.45, 2.75) is 42.4 Å². The van der Waals surface area contributed by atoms with E-state index in [0.717, 1.165) is 38.9 Å². The van der Waals surface area contributed by atoms with E-state index in [2.05, 4.69) is 193 Å². The summed E-state index contributed by atoms with van der Waals surface area (Å²) in [6.45, 7) is 0. The van der Waals surface area contributed by atoms with Gasteiger partial charge in [0.15, 0.2) is 0 Å². The molecule has 0 amide bonds. The van der Waals surface area contributed by atoms with E-state index >= 15 is 0 Å². The van der Waals surface area contributed by atoms with Gasteiger partial charge in [0.2, 0.25) is 0 Å². The number of nitrogens with zero attached hydrogens (tertiary/aromatic N) is 1. The van der Waals surface area contributed by atoms with Gasteiger partial charge < -0.3 is 9.32 Å². The van der Waals surface area contributed by atoms with Gasteiger partial charge in [-0.15, -0.1) is 0 Å². The standard InChI is InChI=1S/C54H41NO/c1-3-18-36(19-4-1)54(43-27-12-7-22-38(43)39-23-8-13-28-44(39)54)46-32-33-48(51-41-25-10-14-31-49(41)56-52(46)51)55(37-20-5-2-6-21-37)47-30-17-29-45-50(47)40-24-9-11-26-42(40)53(45)34-15-16-35-53/h1-14,17-33,40,42H,15-16,34-35H2. The first-order valence-electron chi connectivity index (χ1n) is 20.3. The average molecular weight is 720 g/mol. The van der Waals surface area contributed by atoms with Gasteiger partial charge in [-0.1, -0.05) is 171 Å². The third-order valence-electron chi connectivity index (χ3n) is 13.8. The number of rotatable bonds is 5. The van der Waals surface area contributed by atoms with Crippen molar-refractivity contribution in [3.8, 4) is 11.1 Å². The molecule has 268 valence electrons. The summed E-state index contributed by atoms with van der Waals surface area (Å²) in [6.07, 6.45) is 14.7. The molecule has 1 saturated carbocycles. The molecule has 7 aromatic carbocycles. The summed E-state index contributed by atoms with van der Waals surface area (Å²) in [6, 6.07) is 60.6. The fourth-order valence-corrected chi connectivity index (χ4v) is 11.7. The maximum absolute atomic E-state index is 7.24. The molecule has 56 heavy (non-hydrogen) atoms. The Kier molecular flexibility index (Phi) is 6.87. The van der Waals surface area contributed by atoms with Crippen LogP contribution in [0.25, 0.3) is 33.1 Å². The molecule has 12 rings (SSSR count). The first-order valence-corrected chi connectivity index (χ1v) is 20.3. The van der Waals surface area contributed by atoms with Crippen molar-refractivity contribution >= 4 is 39.0 Å². The Morgan fingerprint density at radius 3 is 1.93 bits per heavy atom. The van der Waals surface area contributed by atoms with Crippen molar-refractivity contribution in [3.05, 3.63) is 221 Å². The number of para-hydroxylation sites is 2. The van der Waals surface area contributed by atoms with Crippen LogP contribution in [0, 0.1) is 5.92 Å². The topological polar surface area (TPSA) is 16.4 Å². The zero-order valence-corrected chi connectivity index (χ0v) is 31.2. The Balaban J connectivity index is 1.19. The number of hydrogen-bond acceptors (Lipinski definition) is 2. The average Bonchev–Trinajstić information content (AvgIpc) is 4.04. The van der Waals surface area contributed by atoms with Crippen molar-refractivity contribution < 1.29 is 4.42 Å². The van der Waals surface area contributed by atoms with Crippen molar-refractivity contribution in [1.29, 1.82) is 0 Å². The number of hydrogen-bond donors (Lipinski definition) is 0. The second-order valence-electron chi connectivity index (χ2n) is 16.2. The van der Waals surface area contributed by atoms with E-state index in [1.807, 2.05) is 0 Å². The van der Waals surface area contributed by atoms with Crippen molar-refractivity contribution in [3.63, 3.8) is 0 Å². The molecule has 2 unspecified atom stereocenters. The van der Waals surface area contributed by atoms with Gasteiger partial charge in [0.05, 0.1) is 22.2 Å². The fraction of sp³-hybridized carbons (Fsp3) is 0.148. The minimum Gasteiger partial charge on any atom is -0.456 e. The van der Waals surface area contributed by atoms with Gasteiger partial charge in [0.1, 0.15) is 11.2 Å². The molecule has 4 aliphatic rings. The van der Waals surface area contributed by atoms with Gasteiger partial charge in [-0.05, 0) is 88.0 Å². The Morgan fingerprint density at radius 2 is 1.16 bits per heavy atom. The number of benzene rings is 7. The molecule has 0 bridgehead atoms. The van der Waals surface area contributed by atoms with Crippen molar-refractivity contribution in [2.24, 2.45) is 5.92 Å². The highest BCUT2D eigenvalue weighted by atomic mass is 16.3. The van der Waals surface area contributed by atoms with Gasteiger partial charge in [-0.3, -0.25) is 0 Å². The molecule has 0 N–H and O–H groups in total. The van der Waals surface area contributed by atoms with Gasteiger partial charge in [0.25, 0.3) is 0 Å². The van der Waals surface area contributed by atoms with Crippen LogP contribution >= 0.6 is 0 Å². The first-order chi connectivity index (χ1) is 27.8. The summed E-state index contributed by atoms with van der Waals surface area (Å²) in [7, 11) is 0. The molecular weight excluding hydrogens is 679 g/mol. The van der Waals surface area contributed by atoms with Crippen LogP contribution in [-0.4, -0.2) is 0 Å². The highest BCUT2D eigenvalue weighted by molar-refractivity contribution is 6.15. The zero-order valence-electron chi connectivity index (χ0n) is 31.2. The minimum atomic E-state index is -0.591. The van der Waals surface area contributed by atoms with E-state index in [9.17, 15) is 0 Å². The lowest BCUT2D eigenvalue weighted by Crippen LogP contribution is -2.29. The number of allylic oxidation sites excluding steroid dienone is 4. The van der Waals surface area contributed by atoms with Crippen molar-refractivity contribution in [2.75, 3.05) is 4.90 Å². The lowest BCUT2D eigenvalue weighted by molar-refractivity contribution is 0.337. The normalized spacial score (nSPS) is 19.3. The lowest BCUT2D eigenvalue weighted by Gasteiger charge is -2.35. The summed E-state index contributed by atoms with van der Waals surface area (Å²) < 4.78 is 7.24. The molecule has 0 saturated heterocycles. The second-order valence-corrected chi connectivity index (χ2v) is 16.2. The summed E-state index contributed by atoms with van der Waals surface area (Å²) in [5.74, 6) is 0.813. The highest BCUT2D eigenvalue weighted by Crippen LogP contribution is 2.63. The van der Waals surface area contributed by atoms with E-state index in [1.165, 1.54) is 64.8 Å². The minimum absolute atomic E-state index is 0.187. The quantitative estimate of drug-likeness (QED) is 0.176. The molecule has 1 aromatic heterocycles. The summed E-state index contributed by atoms with van der Waals surface area (Å²) in [4.78, 5) is 2.55. The summed E-state index contributed by atoms with van der Waals surface area (Å²) >= 11 is 0. The molecule has 1 spiro atoms. The van der Waals surface area contributed by atoms with Crippen LogP contribution in [0.2, 0.25) is 0 Å². The highest BCUT2D eigenvalue weighted by Gasteiger charge is 2.53. The Bertz CT molecular complexity index is 2840. The third kappa shape index (κ3) is 4.17. The largest absolute Gasteiger partial charge is 0.456 e. The Hall–Kier alpha value is -6.38. The monoisotopic (exact) mass is 719 g/mol. The van der Waals surface area contributed by atoms with Gasteiger partial charge in [-0.2, -0.15) is 0 Å². The molecule has 0 aliphatic heterocycles. The van der Waals surface area contributed by atoms with Gasteiger partial charge in [-0.25, -0.2) is 0 Å². The maximum atomic E-state index is 7.24. The Labute approximate surface area is 328 Å². The van der Waals surface area contributed by atoms with Crippen molar-refractivity contribution in [1.82, 2.24) is 0 Å². The maximum Gasteiger partial charge on any atom is 0.142 e. The van der Waals surface area contributed by atoms with Crippen LogP contribution in [0.3, 0.4) is 0 Å². The zero-order chi connectivity index (χ0) is 36.8. The molecule has 4 aliphatic carbocycles. The van der Waals surface area contributed by atoms with Crippen LogP contribution < -0.4 is 4.90 Å². The van der Waals surface area contributed by atoms with E-state index in [4.69, 9.17) is 4.42 Å². The number of furan rings is 1. The smallest absolute Gasteiger partial charge is 0.142 e. The molecule has 2 nitrogen and oxygen atoms in total. The molecule has 2 atom stereocenters. The van der Waals surface area contributed by atoms with E-state index in [0.29, 0.717) is 11.8 Å². The third-order valence-corrected chi connectivity index (χ3v) is 13.8. The van der Waals surface area contributed by atoms with Crippen LogP contribution in [0.5, 0.6) is 0 Å². The van der Waals surface area contributed by atoms with Crippen LogP contribution in [0.4, 0.5) is 17.1 Å². The van der Waals surface area contributed by atoms with Crippen LogP contribution in [0.1, 0.15) is 65.0 Å². The lowest BCUT2D eigenvalue weighted by atomic mass is 9.67. The van der Waals surface area contributed by atoms with Crippen LogP contribution in [0.15, 0.2) is 193 Å². The predicted octanol–water partition coefficient (Wildman–Crippen LogP) is 14.1. The molecule has 1 fully saturated rings. The van der Waals surface area contributed by atoms with Crippen LogP contribution in [-0.2, 0) is 10.8 Å². The number of anilines is 3. The summed E-state index contributed by atoms with van der Waals surface area (Å²) in [5, 5.41) is 2.27. The molecule has 0 radical (unpaired) electrons. The number of fused-ring (bicyclic) bond motifs is 11. The molecule has 8 aromatic rings. The van der Waals surface area contributed by atoms with E-state index in [-0.39, 0.29) is 5.41 Å². The van der Waals surface area contributed by atoms with E-state index in [1.54, 1.807) is 5.56 Å². The van der Waals surface area contributed by atoms with Gasteiger partial charge >= 0.3 is 0 Å². The van der Waals surface area contributed by atoms with Gasteiger partial charge in [0, 0.05) is 28.0 Å². The SMILES string of the molecule is C1=CC2c3c(N(c4ccccc4)c4ccc(C5(c6ccccc6)c6ccccc6-c6ccccc65)c5oc6ccccc6c45)cccc3C3(CCCC3)C2C=C1. The molecular formula is C54H41NO. The fourth-order valence-electron chi connectivity index (χ4n) is 11.7. The molecule has 2 heteroatoms. The predicted molar refractivity (Wildman–Crippen MR) is 230 cm³/mol.